The van der Waals surface area contributed by atoms with Crippen LogP contribution in [0.1, 0.15) is 6.92 Å². The van der Waals surface area contributed by atoms with Gasteiger partial charge in [-0.3, -0.25) is 4.68 Å². The first-order valence-corrected chi connectivity index (χ1v) is 7.43. The van der Waals surface area contributed by atoms with E-state index in [1.807, 2.05) is 13.1 Å². The Morgan fingerprint density at radius 1 is 1.42 bits per heavy atom. The van der Waals surface area contributed by atoms with Crippen LogP contribution in [0.25, 0.3) is 16.8 Å². The predicted molar refractivity (Wildman–Crippen MR) is 83.4 cm³/mol. The molecule has 126 valence electrons. The number of pyridine rings is 1. The highest BCUT2D eigenvalue weighted by Gasteiger charge is 2.18. The number of aryl methyl sites for hydroxylation is 1. The zero-order chi connectivity index (χ0) is 17.3. The third-order valence-electron chi connectivity index (χ3n) is 3.79. The first-order valence-electron chi connectivity index (χ1n) is 7.43. The molecule has 0 aliphatic carbocycles. The molecule has 0 unspecified atom stereocenters. The standard InChI is InChI=1S/C15H16F2N6O/c1-2-21-8-12(7-19-21)10-3-4-22-13(5-10)20-23(15(22)24)9-11(6-18)14(16)17/h3-5,7-8H,2,6,9,18H2,1H3/p+1. The van der Waals surface area contributed by atoms with Gasteiger partial charge in [-0.05, 0) is 18.6 Å². The Labute approximate surface area is 135 Å². The van der Waals surface area contributed by atoms with Gasteiger partial charge in [0, 0.05) is 36.5 Å². The van der Waals surface area contributed by atoms with Crippen molar-refractivity contribution in [2.24, 2.45) is 5.73 Å². The topological polar surface area (TPSA) is 85.7 Å². The Bertz CT molecular complexity index is 964. The van der Waals surface area contributed by atoms with Gasteiger partial charge in [-0.2, -0.15) is 23.4 Å². The zero-order valence-electron chi connectivity index (χ0n) is 13.0. The van der Waals surface area contributed by atoms with Gasteiger partial charge in [-0.25, -0.2) is 4.79 Å². The molecule has 7 nitrogen and oxygen atoms in total. The maximum absolute atomic E-state index is 12.7. The summed E-state index contributed by atoms with van der Waals surface area (Å²) in [5, 5.41) is 7.04. The lowest BCUT2D eigenvalue weighted by atomic mass is 10.1. The summed E-state index contributed by atoms with van der Waals surface area (Å²) in [4.78, 5) is 12.3. The van der Waals surface area contributed by atoms with Crippen molar-refractivity contribution >= 4 is 5.65 Å². The van der Waals surface area contributed by atoms with Crippen LogP contribution in [0.4, 0.5) is 8.78 Å². The van der Waals surface area contributed by atoms with Gasteiger partial charge < -0.3 is 5.73 Å². The second-order valence-electron chi connectivity index (χ2n) is 5.30. The van der Waals surface area contributed by atoms with Crippen molar-refractivity contribution in [2.75, 3.05) is 6.54 Å². The predicted octanol–water partition coefficient (Wildman–Crippen LogP) is 0.908. The summed E-state index contributed by atoms with van der Waals surface area (Å²) in [5.74, 6) is 0. The van der Waals surface area contributed by atoms with E-state index >= 15 is 0 Å². The molecule has 0 bridgehead atoms. The number of fused-ring (bicyclic) bond motifs is 1. The molecule has 0 atom stereocenters. The summed E-state index contributed by atoms with van der Waals surface area (Å²) in [5.41, 5.74) is 6.85. The molecule has 0 amide bonds. The van der Waals surface area contributed by atoms with Gasteiger partial charge in [0.05, 0.1) is 12.4 Å². The smallest absolute Gasteiger partial charge is 0.326 e. The Hall–Kier alpha value is -2.81. The molecule has 3 N–H and O–H groups in total. The van der Waals surface area contributed by atoms with E-state index in [4.69, 9.17) is 5.73 Å². The molecule has 0 saturated heterocycles. The molecule has 3 heterocycles. The lowest BCUT2D eigenvalue weighted by Crippen LogP contribution is -2.41. The number of hydrogen-bond donors (Lipinski definition) is 2. The van der Waals surface area contributed by atoms with E-state index < -0.39 is 11.8 Å². The SMILES string of the molecule is CCn1cc(-c2cc[n+]3c(=O)n(CC(CN)=C(F)F)[nH]c3c2)cn1. The van der Waals surface area contributed by atoms with E-state index in [0.29, 0.717) is 5.65 Å². The number of aromatic nitrogens is 5. The molecule has 0 radical (unpaired) electrons. The summed E-state index contributed by atoms with van der Waals surface area (Å²) < 4.78 is 29.8. The van der Waals surface area contributed by atoms with E-state index in [9.17, 15) is 13.6 Å². The maximum atomic E-state index is 12.7. The van der Waals surface area contributed by atoms with Crippen molar-refractivity contribution in [1.82, 2.24) is 19.6 Å². The maximum Gasteiger partial charge on any atom is 0.476 e. The third-order valence-corrected chi connectivity index (χ3v) is 3.79. The average Bonchev–Trinajstić information content (AvgIpc) is 3.17. The molecule has 0 spiro atoms. The molecule has 0 aliphatic heterocycles. The number of aromatic amines is 1. The highest BCUT2D eigenvalue weighted by molar-refractivity contribution is 5.64. The number of nitrogens with two attached hydrogens (primary N) is 1. The molecule has 24 heavy (non-hydrogen) atoms. The van der Waals surface area contributed by atoms with Crippen molar-refractivity contribution in [3.05, 3.63) is 52.9 Å². The van der Waals surface area contributed by atoms with E-state index in [2.05, 4.69) is 10.2 Å². The molecule has 3 rings (SSSR count). The molecular formula is C15H17F2N6O+. The lowest BCUT2D eigenvalue weighted by Gasteiger charge is -1.97. The second-order valence-corrected chi connectivity index (χ2v) is 5.30. The highest BCUT2D eigenvalue weighted by Crippen LogP contribution is 2.18. The normalized spacial score (nSPS) is 11.2. The summed E-state index contributed by atoms with van der Waals surface area (Å²) in [6.45, 7) is 2.16. The number of rotatable bonds is 5. The van der Waals surface area contributed by atoms with Crippen molar-refractivity contribution in [2.45, 2.75) is 20.0 Å². The van der Waals surface area contributed by atoms with Crippen molar-refractivity contribution in [3.63, 3.8) is 0 Å². The van der Waals surface area contributed by atoms with Gasteiger partial charge in [0.1, 0.15) is 6.54 Å². The van der Waals surface area contributed by atoms with Crippen molar-refractivity contribution < 1.29 is 13.2 Å². The minimum atomic E-state index is -1.86. The van der Waals surface area contributed by atoms with Crippen LogP contribution in [0.15, 0.2) is 47.2 Å². The summed E-state index contributed by atoms with van der Waals surface area (Å²) >= 11 is 0. The first kappa shape index (κ1) is 16.1. The van der Waals surface area contributed by atoms with Gasteiger partial charge in [-0.1, -0.05) is 0 Å². The van der Waals surface area contributed by atoms with Crippen LogP contribution in [0.2, 0.25) is 0 Å². The Morgan fingerprint density at radius 3 is 2.83 bits per heavy atom. The number of H-pyrrole nitrogens is 1. The monoisotopic (exact) mass is 335 g/mol. The number of halogens is 2. The van der Waals surface area contributed by atoms with Gasteiger partial charge in [0.25, 0.3) is 11.7 Å². The van der Waals surface area contributed by atoms with Crippen LogP contribution in [0.3, 0.4) is 0 Å². The fraction of sp³-hybridized carbons (Fsp3) is 0.267. The largest absolute Gasteiger partial charge is 0.476 e. The van der Waals surface area contributed by atoms with Crippen LogP contribution >= 0.6 is 0 Å². The minimum absolute atomic E-state index is 0.275. The van der Waals surface area contributed by atoms with E-state index in [0.717, 1.165) is 22.4 Å². The molecule has 3 aromatic heterocycles. The minimum Gasteiger partial charge on any atom is -0.326 e. The number of nitrogens with one attached hydrogen (secondary N) is 1. The fourth-order valence-electron chi connectivity index (χ4n) is 2.43. The lowest BCUT2D eigenvalue weighted by molar-refractivity contribution is -0.530. The van der Waals surface area contributed by atoms with E-state index in [-0.39, 0.29) is 18.7 Å². The molecule has 0 saturated carbocycles. The van der Waals surface area contributed by atoms with E-state index in [1.165, 1.54) is 4.40 Å². The third kappa shape index (κ3) is 2.85. The van der Waals surface area contributed by atoms with Crippen molar-refractivity contribution in [3.8, 4) is 11.1 Å². The van der Waals surface area contributed by atoms with Gasteiger partial charge in [0.2, 0.25) is 0 Å². The second kappa shape index (κ2) is 6.36. The summed E-state index contributed by atoms with van der Waals surface area (Å²) in [6, 6.07) is 3.55. The molecule has 0 aliphatic rings. The zero-order valence-corrected chi connectivity index (χ0v) is 13.0. The van der Waals surface area contributed by atoms with Crippen LogP contribution in [0, 0.1) is 0 Å². The Morgan fingerprint density at radius 2 is 2.21 bits per heavy atom. The molecule has 0 aromatic carbocycles. The molecule has 0 fully saturated rings. The Kier molecular flexibility index (Phi) is 4.26. The molecule has 9 heteroatoms. The quantitative estimate of drug-likeness (QED) is 0.680. The number of nitrogens with zero attached hydrogens (tertiary/aromatic N) is 4. The fourth-order valence-corrected chi connectivity index (χ4v) is 2.43. The number of hydrogen-bond acceptors (Lipinski definition) is 3. The highest BCUT2D eigenvalue weighted by atomic mass is 19.3. The van der Waals surface area contributed by atoms with Crippen LogP contribution in [-0.2, 0) is 13.1 Å². The van der Waals surface area contributed by atoms with Crippen LogP contribution in [0.5, 0.6) is 0 Å². The van der Waals surface area contributed by atoms with Crippen molar-refractivity contribution in [1.29, 1.82) is 0 Å². The van der Waals surface area contributed by atoms with Gasteiger partial charge >= 0.3 is 5.69 Å². The Balaban J connectivity index is 2.02. The molecular weight excluding hydrogens is 318 g/mol. The van der Waals surface area contributed by atoms with Gasteiger partial charge in [0.15, 0.2) is 0 Å². The summed E-state index contributed by atoms with van der Waals surface area (Å²) in [7, 11) is 0. The van der Waals surface area contributed by atoms with Crippen LogP contribution < -0.4 is 15.8 Å². The van der Waals surface area contributed by atoms with Gasteiger partial charge in [-0.15, -0.1) is 4.68 Å². The molecule has 3 aromatic rings. The van der Waals surface area contributed by atoms with E-state index in [1.54, 1.807) is 29.2 Å². The first-order chi connectivity index (χ1) is 11.5. The average molecular weight is 335 g/mol. The summed E-state index contributed by atoms with van der Waals surface area (Å²) in [6.07, 6.45) is 3.37. The van der Waals surface area contributed by atoms with Crippen LogP contribution in [-0.4, -0.2) is 26.1 Å².